The first-order valence-electron chi connectivity index (χ1n) is 5.13. The third-order valence-corrected chi connectivity index (χ3v) is 2.32. The van der Waals surface area contributed by atoms with Crippen LogP contribution in [0.15, 0.2) is 12.1 Å². The summed E-state index contributed by atoms with van der Waals surface area (Å²) in [5.41, 5.74) is 11.2. The Balaban J connectivity index is 2.00. The van der Waals surface area contributed by atoms with Gasteiger partial charge in [-0.3, -0.25) is 20.0 Å². The molecule has 2 aromatic rings. The lowest BCUT2D eigenvalue weighted by molar-refractivity contribution is 0.262. The van der Waals surface area contributed by atoms with Crippen LogP contribution in [0.3, 0.4) is 0 Å². The summed E-state index contributed by atoms with van der Waals surface area (Å²) < 4.78 is 2.91. The molecule has 0 fully saturated rings. The molecule has 0 unspecified atom stereocenters. The summed E-state index contributed by atoms with van der Waals surface area (Å²) in [5, 5.41) is 13.0. The highest BCUT2D eigenvalue weighted by atomic mass is 16.2. The lowest BCUT2D eigenvalue weighted by atomic mass is 10.5. The maximum absolute atomic E-state index is 11.6. The molecular weight excluding hydrogens is 236 g/mol. The van der Waals surface area contributed by atoms with Crippen LogP contribution in [-0.2, 0) is 14.1 Å². The minimum Gasteiger partial charge on any atom is -0.384 e. The summed E-state index contributed by atoms with van der Waals surface area (Å²) in [4.78, 5) is 11.6. The number of carbonyl (C=O) groups excluding carboxylic acids is 1. The van der Waals surface area contributed by atoms with Crippen molar-refractivity contribution >= 4 is 29.3 Å². The number of nitrogen functional groups attached to an aromatic ring is 2. The number of nitrogens with one attached hydrogen (secondary N) is 2. The van der Waals surface area contributed by atoms with Crippen LogP contribution < -0.4 is 22.1 Å². The number of nitrogens with two attached hydrogens (primary N) is 2. The molecule has 18 heavy (non-hydrogen) atoms. The van der Waals surface area contributed by atoms with Crippen molar-refractivity contribution < 1.29 is 4.79 Å². The SMILES string of the molecule is Cn1nc(NC(=O)Nc2cc(N)n(C)n2)cc1N. The standard InChI is InChI=1S/C9H14N8O/c1-16-5(10)3-7(14-16)12-9(18)13-8-4-6(11)17(2)15-8/h3-4H,10-11H2,1-2H3,(H2,12,13,14,15,18). The first kappa shape index (κ1) is 11.8. The molecule has 0 aromatic carbocycles. The van der Waals surface area contributed by atoms with E-state index >= 15 is 0 Å². The van der Waals surface area contributed by atoms with Crippen molar-refractivity contribution in [2.45, 2.75) is 0 Å². The van der Waals surface area contributed by atoms with Crippen LogP contribution >= 0.6 is 0 Å². The van der Waals surface area contributed by atoms with E-state index in [0.717, 1.165) is 0 Å². The van der Waals surface area contributed by atoms with Crippen LogP contribution in [0.5, 0.6) is 0 Å². The van der Waals surface area contributed by atoms with Crippen molar-refractivity contribution in [2.75, 3.05) is 22.1 Å². The zero-order valence-electron chi connectivity index (χ0n) is 10.0. The number of aryl methyl sites for hydroxylation is 2. The number of hydrogen-bond acceptors (Lipinski definition) is 5. The smallest absolute Gasteiger partial charge is 0.326 e. The summed E-state index contributed by atoms with van der Waals surface area (Å²) >= 11 is 0. The van der Waals surface area contributed by atoms with Crippen molar-refractivity contribution in [2.24, 2.45) is 14.1 Å². The molecule has 2 rings (SSSR count). The van der Waals surface area contributed by atoms with Crippen molar-refractivity contribution in [1.82, 2.24) is 19.6 Å². The number of rotatable bonds is 2. The molecule has 0 spiro atoms. The van der Waals surface area contributed by atoms with Gasteiger partial charge < -0.3 is 11.5 Å². The molecule has 2 heterocycles. The maximum Gasteiger partial charge on any atom is 0.326 e. The van der Waals surface area contributed by atoms with E-state index in [-0.39, 0.29) is 0 Å². The van der Waals surface area contributed by atoms with Gasteiger partial charge in [-0.15, -0.1) is 0 Å². The largest absolute Gasteiger partial charge is 0.384 e. The van der Waals surface area contributed by atoms with E-state index in [1.54, 1.807) is 26.2 Å². The van der Waals surface area contributed by atoms with Crippen LogP contribution in [0.1, 0.15) is 0 Å². The molecule has 6 N–H and O–H groups in total. The van der Waals surface area contributed by atoms with Crippen molar-refractivity contribution in [3.05, 3.63) is 12.1 Å². The lowest BCUT2D eigenvalue weighted by Gasteiger charge is -2.01. The molecule has 0 atom stereocenters. The minimum absolute atomic E-state index is 0.358. The average Bonchev–Trinajstić information content (AvgIpc) is 2.72. The quantitative estimate of drug-likeness (QED) is 0.594. The van der Waals surface area contributed by atoms with Crippen LogP contribution in [0.4, 0.5) is 28.1 Å². The van der Waals surface area contributed by atoms with Gasteiger partial charge in [-0.05, 0) is 0 Å². The van der Waals surface area contributed by atoms with Gasteiger partial charge in [-0.2, -0.15) is 10.2 Å². The highest BCUT2D eigenvalue weighted by Gasteiger charge is 2.09. The number of nitrogens with zero attached hydrogens (tertiary/aromatic N) is 4. The Kier molecular flexibility index (Phi) is 2.80. The molecule has 2 aromatic heterocycles. The fourth-order valence-corrected chi connectivity index (χ4v) is 1.35. The Labute approximate surface area is 103 Å². The van der Waals surface area contributed by atoms with Crippen LogP contribution in [0.2, 0.25) is 0 Å². The van der Waals surface area contributed by atoms with Gasteiger partial charge >= 0.3 is 6.03 Å². The van der Waals surface area contributed by atoms with Gasteiger partial charge in [0.15, 0.2) is 11.6 Å². The first-order chi connectivity index (χ1) is 8.45. The number of carbonyl (C=O) groups is 1. The van der Waals surface area contributed by atoms with E-state index in [0.29, 0.717) is 23.3 Å². The van der Waals surface area contributed by atoms with Crippen molar-refractivity contribution in [1.29, 1.82) is 0 Å². The number of urea groups is 1. The molecule has 96 valence electrons. The van der Waals surface area contributed by atoms with Gasteiger partial charge in [0.05, 0.1) is 0 Å². The molecule has 9 nitrogen and oxygen atoms in total. The highest BCUT2D eigenvalue weighted by molar-refractivity contribution is 5.98. The Hall–Kier alpha value is -2.71. The number of amides is 2. The summed E-state index contributed by atoms with van der Waals surface area (Å²) in [5.74, 6) is 1.62. The highest BCUT2D eigenvalue weighted by Crippen LogP contribution is 2.12. The van der Waals surface area contributed by atoms with E-state index in [1.165, 1.54) is 9.36 Å². The summed E-state index contributed by atoms with van der Waals surface area (Å²) in [6.45, 7) is 0. The van der Waals surface area contributed by atoms with Gasteiger partial charge in [0, 0.05) is 26.2 Å². The monoisotopic (exact) mass is 250 g/mol. The van der Waals surface area contributed by atoms with Crippen molar-refractivity contribution in [3.8, 4) is 0 Å². The summed E-state index contributed by atoms with van der Waals surface area (Å²) in [6.07, 6.45) is 0. The Morgan fingerprint density at radius 1 is 1.06 bits per heavy atom. The van der Waals surface area contributed by atoms with Crippen LogP contribution in [-0.4, -0.2) is 25.6 Å². The average molecular weight is 250 g/mol. The Bertz CT molecular complexity index is 494. The molecule has 0 saturated heterocycles. The third kappa shape index (κ3) is 2.34. The maximum atomic E-state index is 11.6. The van der Waals surface area contributed by atoms with E-state index < -0.39 is 6.03 Å². The zero-order chi connectivity index (χ0) is 13.3. The van der Waals surface area contributed by atoms with Crippen molar-refractivity contribution in [3.63, 3.8) is 0 Å². The predicted octanol–water partition coefficient (Wildman–Crippen LogP) is -0.0380. The molecule has 9 heteroatoms. The number of anilines is 4. The molecule has 0 aliphatic rings. The van der Waals surface area contributed by atoms with Gasteiger partial charge in [0.2, 0.25) is 0 Å². The molecule has 0 aliphatic heterocycles. The van der Waals surface area contributed by atoms with Gasteiger partial charge in [0.25, 0.3) is 0 Å². The second-order valence-corrected chi connectivity index (χ2v) is 3.74. The van der Waals surface area contributed by atoms with Gasteiger partial charge in [-0.1, -0.05) is 0 Å². The first-order valence-corrected chi connectivity index (χ1v) is 5.13. The zero-order valence-corrected chi connectivity index (χ0v) is 10.0. The van der Waals surface area contributed by atoms with E-state index in [2.05, 4.69) is 20.8 Å². The summed E-state index contributed by atoms with van der Waals surface area (Å²) in [6, 6.07) is 2.63. The molecule has 0 saturated carbocycles. The molecule has 0 aliphatic carbocycles. The fourth-order valence-electron chi connectivity index (χ4n) is 1.35. The normalized spacial score (nSPS) is 10.3. The molecule has 2 amide bonds. The topological polar surface area (TPSA) is 129 Å². The summed E-state index contributed by atoms with van der Waals surface area (Å²) in [7, 11) is 3.36. The predicted molar refractivity (Wildman–Crippen MR) is 67.9 cm³/mol. The van der Waals surface area contributed by atoms with Gasteiger partial charge in [-0.25, -0.2) is 4.79 Å². The van der Waals surface area contributed by atoms with E-state index in [4.69, 9.17) is 11.5 Å². The van der Waals surface area contributed by atoms with E-state index in [9.17, 15) is 4.79 Å². The second-order valence-electron chi connectivity index (χ2n) is 3.74. The molecule has 0 radical (unpaired) electrons. The lowest BCUT2D eigenvalue weighted by Crippen LogP contribution is -2.20. The Morgan fingerprint density at radius 3 is 1.72 bits per heavy atom. The Morgan fingerprint density at radius 2 is 1.44 bits per heavy atom. The third-order valence-electron chi connectivity index (χ3n) is 2.32. The van der Waals surface area contributed by atoms with Crippen LogP contribution in [0, 0.1) is 0 Å². The van der Waals surface area contributed by atoms with Crippen LogP contribution in [0.25, 0.3) is 0 Å². The minimum atomic E-state index is -0.466. The van der Waals surface area contributed by atoms with Gasteiger partial charge in [0.1, 0.15) is 11.6 Å². The second kappa shape index (κ2) is 4.28. The number of aromatic nitrogens is 4. The molecule has 0 bridgehead atoms. The van der Waals surface area contributed by atoms with E-state index in [1.807, 2.05) is 0 Å². The number of hydrogen-bond donors (Lipinski definition) is 4. The fraction of sp³-hybridized carbons (Fsp3) is 0.222. The molecular formula is C9H14N8O.